The van der Waals surface area contributed by atoms with Crippen LogP contribution in [0.25, 0.3) is 0 Å². The van der Waals surface area contributed by atoms with E-state index in [9.17, 15) is 4.39 Å². The molecule has 0 N–H and O–H groups in total. The first-order valence-corrected chi connectivity index (χ1v) is 10.8. The Kier molecular flexibility index (Phi) is 7.09. The van der Waals surface area contributed by atoms with E-state index in [-0.39, 0.29) is 16.4 Å². The van der Waals surface area contributed by atoms with Crippen LogP contribution in [0.5, 0.6) is 5.75 Å². The summed E-state index contributed by atoms with van der Waals surface area (Å²) >= 11 is 0. The molecule has 2 atom stereocenters. The Morgan fingerprint density at radius 1 is 1.07 bits per heavy atom. The van der Waals surface area contributed by atoms with Crippen LogP contribution >= 0.6 is 8.58 Å². The highest BCUT2D eigenvalue weighted by atomic mass is 31.1. The van der Waals surface area contributed by atoms with Gasteiger partial charge in [-0.1, -0.05) is 86.4 Å². The SMILES string of the molecule is CCCCC(C)(Pc1ccccc1F)c1cc(C(C)(C)C)cc(C)c1OC. The number of aryl methyl sites for hydroxylation is 1. The highest BCUT2D eigenvalue weighted by molar-refractivity contribution is 7.48. The van der Waals surface area contributed by atoms with Crippen LogP contribution in [-0.4, -0.2) is 7.11 Å². The van der Waals surface area contributed by atoms with Crippen molar-refractivity contribution in [2.24, 2.45) is 0 Å². The van der Waals surface area contributed by atoms with Gasteiger partial charge in [0.1, 0.15) is 11.6 Å². The lowest BCUT2D eigenvalue weighted by Crippen LogP contribution is -2.23. The molecule has 0 heterocycles. The fourth-order valence-corrected chi connectivity index (χ4v) is 5.14. The molecule has 0 aliphatic carbocycles. The minimum atomic E-state index is -0.157. The van der Waals surface area contributed by atoms with Crippen LogP contribution < -0.4 is 10.0 Å². The van der Waals surface area contributed by atoms with E-state index >= 15 is 0 Å². The van der Waals surface area contributed by atoms with Gasteiger partial charge >= 0.3 is 0 Å². The Bertz CT molecular complexity index is 778. The van der Waals surface area contributed by atoms with Gasteiger partial charge in [-0.15, -0.1) is 0 Å². The number of hydrogen-bond acceptors (Lipinski definition) is 1. The zero-order chi connectivity index (χ0) is 20.2. The molecule has 2 aromatic carbocycles. The van der Waals surface area contributed by atoms with E-state index in [1.165, 1.54) is 11.1 Å². The number of rotatable bonds is 7. The van der Waals surface area contributed by atoms with Gasteiger partial charge in [-0.05, 0) is 36.0 Å². The summed E-state index contributed by atoms with van der Waals surface area (Å²) in [5.41, 5.74) is 3.72. The molecule has 1 nitrogen and oxygen atoms in total. The van der Waals surface area contributed by atoms with Gasteiger partial charge in [0.05, 0.1) is 7.11 Å². The monoisotopic (exact) mass is 388 g/mol. The van der Waals surface area contributed by atoms with E-state index in [0.29, 0.717) is 8.58 Å². The lowest BCUT2D eigenvalue weighted by Gasteiger charge is -2.34. The topological polar surface area (TPSA) is 9.23 Å². The van der Waals surface area contributed by atoms with E-state index < -0.39 is 0 Å². The van der Waals surface area contributed by atoms with Crippen LogP contribution in [0.4, 0.5) is 4.39 Å². The summed E-state index contributed by atoms with van der Waals surface area (Å²) in [4.78, 5) is 0. The van der Waals surface area contributed by atoms with Gasteiger partial charge < -0.3 is 4.74 Å². The number of ether oxygens (including phenoxy) is 1. The summed E-state index contributed by atoms with van der Waals surface area (Å²) in [6, 6.07) is 11.7. The summed E-state index contributed by atoms with van der Waals surface area (Å²) < 4.78 is 20.3. The first-order chi connectivity index (χ1) is 12.6. The Morgan fingerprint density at radius 3 is 2.30 bits per heavy atom. The van der Waals surface area contributed by atoms with E-state index in [1.54, 1.807) is 19.2 Å². The molecule has 27 heavy (non-hydrogen) atoms. The molecule has 0 bridgehead atoms. The molecular weight excluding hydrogens is 354 g/mol. The van der Waals surface area contributed by atoms with Crippen molar-refractivity contribution in [2.75, 3.05) is 7.11 Å². The number of benzene rings is 2. The van der Waals surface area contributed by atoms with Crippen LogP contribution in [0.1, 0.15) is 70.6 Å². The maximum Gasteiger partial charge on any atom is 0.130 e. The van der Waals surface area contributed by atoms with Gasteiger partial charge in [-0.3, -0.25) is 0 Å². The standard InChI is InChI=1S/C24H34FOP/c1-8-9-14-24(6,27-21-13-11-10-12-20(21)25)19-16-18(23(3,4)5)15-17(2)22(19)26-7/h10-13,15-16,27H,8-9,14H2,1-7H3. The van der Waals surface area contributed by atoms with Gasteiger partial charge in [0, 0.05) is 16.0 Å². The van der Waals surface area contributed by atoms with Crippen LogP contribution in [0.3, 0.4) is 0 Å². The highest BCUT2D eigenvalue weighted by Gasteiger charge is 2.33. The molecule has 2 aromatic rings. The van der Waals surface area contributed by atoms with Gasteiger partial charge in [0.2, 0.25) is 0 Å². The molecule has 3 heteroatoms. The second-order valence-electron chi connectivity index (χ2n) is 8.66. The van der Waals surface area contributed by atoms with Crippen LogP contribution in [0.2, 0.25) is 0 Å². The summed E-state index contributed by atoms with van der Waals surface area (Å²) in [7, 11) is 2.10. The lowest BCUT2D eigenvalue weighted by atomic mass is 9.82. The van der Waals surface area contributed by atoms with Gasteiger partial charge in [0.25, 0.3) is 0 Å². The summed E-state index contributed by atoms with van der Waals surface area (Å²) in [6.07, 6.45) is 3.25. The Morgan fingerprint density at radius 2 is 1.74 bits per heavy atom. The maximum absolute atomic E-state index is 14.5. The van der Waals surface area contributed by atoms with Crippen molar-refractivity contribution >= 4 is 13.9 Å². The predicted octanol–water partition coefficient (Wildman–Crippen LogP) is 6.85. The van der Waals surface area contributed by atoms with Crippen LogP contribution in [0.15, 0.2) is 36.4 Å². The number of methoxy groups -OCH3 is 1. The van der Waals surface area contributed by atoms with Gasteiger partial charge in [-0.25, -0.2) is 4.39 Å². The molecule has 0 fully saturated rings. The number of unbranched alkanes of at least 4 members (excludes halogenated alkanes) is 1. The maximum atomic E-state index is 14.5. The van der Waals surface area contributed by atoms with Crippen molar-refractivity contribution in [3.63, 3.8) is 0 Å². The Hall–Kier alpha value is -1.40. The molecular formula is C24H34FOP. The lowest BCUT2D eigenvalue weighted by molar-refractivity contribution is 0.396. The summed E-state index contributed by atoms with van der Waals surface area (Å²) in [6.45, 7) is 13.3. The molecule has 2 unspecified atom stereocenters. The van der Waals surface area contributed by atoms with Crippen LogP contribution in [0, 0.1) is 12.7 Å². The highest BCUT2D eigenvalue weighted by Crippen LogP contribution is 2.50. The third kappa shape index (κ3) is 5.11. The molecule has 148 valence electrons. The third-order valence-corrected chi connectivity index (χ3v) is 7.00. The van der Waals surface area contributed by atoms with E-state index in [4.69, 9.17) is 4.74 Å². The Balaban J connectivity index is 2.64. The molecule has 0 aromatic heterocycles. The summed E-state index contributed by atoms with van der Waals surface area (Å²) in [5.74, 6) is 0.840. The van der Waals surface area contributed by atoms with Crippen molar-refractivity contribution in [1.82, 2.24) is 0 Å². The zero-order valence-corrected chi connectivity index (χ0v) is 18.9. The third-order valence-electron chi connectivity index (χ3n) is 5.25. The molecule has 0 saturated carbocycles. The average molecular weight is 389 g/mol. The molecule has 0 amide bonds. The minimum Gasteiger partial charge on any atom is -0.496 e. The van der Waals surface area contributed by atoms with E-state index in [1.807, 2.05) is 12.1 Å². The first kappa shape index (κ1) is 21.9. The van der Waals surface area contributed by atoms with Gasteiger partial charge in [-0.2, -0.15) is 0 Å². The second-order valence-corrected chi connectivity index (χ2v) is 10.6. The summed E-state index contributed by atoms with van der Waals surface area (Å²) in [5, 5.41) is 0.646. The largest absolute Gasteiger partial charge is 0.496 e. The first-order valence-electron chi connectivity index (χ1n) is 9.84. The fourth-order valence-electron chi connectivity index (χ4n) is 3.54. The normalized spacial score (nSPS) is 14.5. The molecule has 0 aliphatic heterocycles. The van der Waals surface area contributed by atoms with Gasteiger partial charge in [0.15, 0.2) is 0 Å². The van der Waals surface area contributed by atoms with Crippen molar-refractivity contribution in [2.45, 2.75) is 71.4 Å². The van der Waals surface area contributed by atoms with E-state index in [2.05, 4.69) is 53.7 Å². The smallest absolute Gasteiger partial charge is 0.130 e. The zero-order valence-electron chi connectivity index (χ0n) is 17.9. The predicted molar refractivity (Wildman–Crippen MR) is 118 cm³/mol. The average Bonchev–Trinajstić information content (AvgIpc) is 2.60. The molecule has 0 saturated heterocycles. The second kappa shape index (κ2) is 8.74. The van der Waals surface area contributed by atoms with Crippen molar-refractivity contribution in [1.29, 1.82) is 0 Å². The Labute approximate surface area is 166 Å². The fraction of sp³-hybridized carbons (Fsp3) is 0.500. The number of hydrogen-bond donors (Lipinski definition) is 0. The van der Waals surface area contributed by atoms with Crippen molar-refractivity contribution in [3.8, 4) is 5.75 Å². The number of halogens is 1. The van der Waals surface area contributed by atoms with E-state index in [0.717, 1.165) is 35.9 Å². The van der Waals surface area contributed by atoms with Crippen molar-refractivity contribution < 1.29 is 9.13 Å². The van der Waals surface area contributed by atoms with Crippen LogP contribution in [-0.2, 0) is 10.6 Å². The molecule has 0 aliphatic rings. The molecule has 0 radical (unpaired) electrons. The molecule has 0 spiro atoms. The minimum absolute atomic E-state index is 0.0541. The molecule has 2 rings (SSSR count). The van der Waals surface area contributed by atoms with Crippen molar-refractivity contribution in [3.05, 3.63) is 58.9 Å². The quantitative estimate of drug-likeness (QED) is 0.471.